The molecule has 4 nitrogen and oxygen atoms in total. The maximum atomic E-state index is 12.0. The summed E-state index contributed by atoms with van der Waals surface area (Å²) in [6, 6.07) is 2.08. The number of nitriles is 1. The highest BCUT2D eigenvalue weighted by Gasteiger charge is 2.41. The summed E-state index contributed by atoms with van der Waals surface area (Å²) in [5.74, 6) is -0.526. The first-order chi connectivity index (χ1) is 7.96. The summed E-state index contributed by atoms with van der Waals surface area (Å²) in [7, 11) is 5.95. The average Bonchev–Trinajstić information content (AvgIpc) is 2.24. The van der Waals surface area contributed by atoms with Gasteiger partial charge < -0.3 is 9.80 Å². The summed E-state index contributed by atoms with van der Waals surface area (Å²) in [6.45, 7) is 2.61. The highest BCUT2D eigenvalue weighted by atomic mass is 16.2. The fourth-order valence-corrected chi connectivity index (χ4v) is 2.44. The largest absolute Gasteiger partial charge is 0.343 e. The van der Waals surface area contributed by atoms with Gasteiger partial charge in [-0.3, -0.25) is 4.79 Å². The first-order valence-electron chi connectivity index (χ1n) is 6.29. The van der Waals surface area contributed by atoms with Gasteiger partial charge in [0.05, 0.1) is 6.07 Å². The molecular formula is C13H23N3O. The molecule has 1 unspecified atom stereocenters. The topological polar surface area (TPSA) is 47.3 Å². The highest BCUT2D eigenvalue weighted by molar-refractivity contribution is 5.81. The number of carbonyl (C=O) groups is 1. The minimum absolute atomic E-state index is 0.0388. The molecule has 1 fully saturated rings. The van der Waals surface area contributed by atoms with Crippen molar-refractivity contribution in [3.8, 4) is 6.07 Å². The van der Waals surface area contributed by atoms with Crippen LogP contribution in [0.25, 0.3) is 0 Å². The standard InChI is InChI=1S/C13H23N3O/c1-5-11(9-14)12(17)16(4)10-13(15(2)3)7-6-8-13/h11H,5-8,10H2,1-4H3. The summed E-state index contributed by atoms with van der Waals surface area (Å²) < 4.78 is 0. The summed E-state index contributed by atoms with van der Waals surface area (Å²) >= 11 is 0. The van der Waals surface area contributed by atoms with Crippen molar-refractivity contribution in [2.45, 2.75) is 38.1 Å². The Labute approximate surface area is 104 Å². The molecule has 4 heteroatoms. The van der Waals surface area contributed by atoms with Crippen molar-refractivity contribution in [3.05, 3.63) is 0 Å². The second-order valence-corrected chi connectivity index (χ2v) is 5.26. The molecule has 1 saturated carbocycles. The van der Waals surface area contributed by atoms with Crippen LogP contribution in [0.15, 0.2) is 0 Å². The average molecular weight is 237 g/mol. The molecule has 0 saturated heterocycles. The Morgan fingerprint density at radius 2 is 2.00 bits per heavy atom. The minimum atomic E-state index is -0.487. The molecule has 0 bridgehead atoms. The second kappa shape index (κ2) is 5.50. The predicted molar refractivity (Wildman–Crippen MR) is 67.3 cm³/mol. The normalized spacial score (nSPS) is 19.3. The maximum absolute atomic E-state index is 12.0. The van der Waals surface area contributed by atoms with Crippen LogP contribution in [0, 0.1) is 17.2 Å². The number of carbonyl (C=O) groups excluding carboxylic acids is 1. The number of amides is 1. The Kier molecular flexibility index (Phi) is 4.53. The molecule has 1 amide bonds. The summed E-state index contributed by atoms with van der Waals surface area (Å²) in [4.78, 5) is 16.0. The van der Waals surface area contributed by atoms with Crippen molar-refractivity contribution in [2.75, 3.05) is 27.7 Å². The molecule has 0 radical (unpaired) electrons. The van der Waals surface area contributed by atoms with Crippen LogP contribution >= 0.6 is 0 Å². The molecular weight excluding hydrogens is 214 g/mol. The molecule has 1 atom stereocenters. The molecule has 0 aliphatic heterocycles. The number of nitrogens with zero attached hydrogens (tertiary/aromatic N) is 3. The molecule has 0 aromatic carbocycles. The van der Waals surface area contributed by atoms with E-state index in [1.54, 1.807) is 4.90 Å². The van der Waals surface area contributed by atoms with Crippen LogP contribution < -0.4 is 0 Å². The number of rotatable bonds is 5. The van der Waals surface area contributed by atoms with Crippen molar-refractivity contribution >= 4 is 5.91 Å². The van der Waals surface area contributed by atoms with E-state index in [1.165, 1.54) is 6.42 Å². The minimum Gasteiger partial charge on any atom is -0.343 e. The second-order valence-electron chi connectivity index (χ2n) is 5.26. The monoisotopic (exact) mass is 237 g/mol. The molecule has 96 valence electrons. The Bertz CT molecular complexity index is 315. The Balaban J connectivity index is 2.62. The Morgan fingerprint density at radius 1 is 1.41 bits per heavy atom. The van der Waals surface area contributed by atoms with E-state index in [1.807, 2.05) is 14.0 Å². The SMILES string of the molecule is CCC(C#N)C(=O)N(C)CC1(N(C)C)CCC1. The van der Waals surface area contributed by atoms with Gasteiger partial charge in [0.25, 0.3) is 0 Å². The summed E-state index contributed by atoms with van der Waals surface area (Å²) in [5.41, 5.74) is 0.137. The molecule has 0 heterocycles. The third-order valence-corrected chi connectivity index (χ3v) is 4.00. The van der Waals surface area contributed by atoms with E-state index in [9.17, 15) is 4.79 Å². The van der Waals surface area contributed by atoms with Gasteiger partial charge in [0.15, 0.2) is 0 Å². The van der Waals surface area contributed by atoms with Crippen molar-refractivity contribution in [1.82, 2.24) is 9.80 Å². The van der Waals surface area contributed by atoms with Gasteiger partial charge in [-0.25, -0.2) is 0 Å². The van der Waals surface area contributed by atoms with Gasteiger partial charge in [-0.1, -0.05) is 6.92 Å². The number of hydrogen-bond donors (Lipinski definition) is 0. The predicted octanol–water partition coefficient (Wildman–Crippen LogP) is 1.48. The van der Waals surface area contributed by atoms with Gasteiger partial charge in [-0.2, -0.15) is 5.26 Å². The molecule has 17 heavy (non-hydrogen) atoms. The smallest absolute Gasteiger partial charge is 0.239 e. The van der Waals surface area contributed by atoms with Crippen LogP contribution in [0.4, 0.5) is 0 Å². The van der Waals surface area contributed by atoms with Gasteiger partial charge >= 0.3 is 0 Å². The first kappa shape index (κ1) is 14.0. The molecule has 0 aromatic heterocycles. The van der Waals surface area contributed by atoms with E-state index in [4.69, 9.17) is 5.26 Å². The zero-order chi connectivity index (χ0) is 13.1. The van der Waals surface area contributed by atoms with Gasteiger partial charge in [-0.15, -0.1) is 0 Å². The van der Waals surface area contributed by atoms with Gasteiger partial charge in [-0.05, 0) is 39.8 Å². The van der Waals surface area contributed by atoms with E-state index in [2.05, 4.69) is 25.1 Å². The summed E-state index contributed by atoms with van der Waals surface area (Å²) in [5, 5.41) is 8.92. The van der Waals surface area contributed by atoms with E-state index < -0.39 is 5.92 Å². The van der Waals surface area contributed by atoms with E-state index in [0.29, 0.717) is 6.42 Å². The number of likely N-dealkylation sites (N-methyl/N-ethyl adjacent to an activating group) is 2. The molecule has 0 spiro atoms. The molecule has 1 aliphatic carbocycles. The zero-order valence-corrected chi connectivity index (χ0v) is 11.4. The van der Waals surface area contributed by atoms with Gasteiger partial charge in [0, 0.05) is 19.1 Å². The van der Waals surface area contributed by atoms with Crippen LogP contribution in [0.5, 0.6) is 0 Å². The fourth-order valence-electron chi connectivity index (χ4n) is 2.44. The van der Waals surface area contributed by atoms with Crippen molar-refractivity contribution < 1.29 is 4.79 Å². The Morgan fingerprint density at radius 3 is 2.29 bits per heavy atom. The van der Waals surface area contributed by atoms with Crippen molar-refractivity contribution in [2.24, 2.45) is 5.92 Å². The van der Waals surface area contributed by atoms with Gasteiger partial charge in [0.2, 0.25) is 5.91 Å². The molecule has 1 aliphatic rings. The third-order valence-electron chi connectivity index (χ3n) is 4.00. The van der Waals surface area contributed by atoms with Crippen LogP contribution in [0.2, 0.25) is 0 Å². The van der Waals surface area contributed by atoms with E-state index in [0.717, 1.165) is 19.4 Å². The summed E-state index contributed by atoms with van der Waals surface area (Å²) in [6.07, 6.45) is 4.10. The lowest BCUT2D eigenvalue weighted by atomic mass is 9.75. The van der Waals surface area contributed by atoms with Crippen LogP contribution in [-0.2, 0) is 4.79 Å². The molecule has 1 rings (SSSR count). The van der Waals surface area contributed by atoms with Gasteiger partial charge in [0.1, 0.15) is 5.92 Å². The molecule has 0 aromatic rings. The quantitative estimate of drug-likeness (QED) is 0.727. The third kappa shape index (κ3) is 2.78. The number of hydrogen-bond acceptors (Lipinski definition) is 3. The highest BCUT2D eigenvalue weighted by Crippen LogP contribution is 2.36. The molecule has 0 N–H and O–H groups in total. The first-order valence-corrected chi connectivity index (χ1v) is 6.29. The van der Waals surface area contributed by atoms with Crippen molar-refractivity contribution in [3.63, 3.8) is 0 Å². The zero-order valence-electron chi connectivity index (χ0n) is 11.4. The maximum Gasteiger partial charge on any atom is 0.239 e. The van der Waals surface area contributed by atoms with E-state index >= 15 is 0 Å². The van der Waals surface area contributed by atoms with Crippen LogP contribution in [0.3, 0.4) is 0 Å². The Hall–Kier alpha value is -1.08. The van der Waals surface area contributed by atoms with Crippen LogP contribution in [0.1, 0.15) is 32.6 Å². The van der Waals surface area contributed by atoms with Crippen LogP contribution in [-0.4, -0.2) is 48.9 Å². The van der Waals surface area contributed by atoms with E-state index in [-0.39, 0.29) is 11.4 Å². The fraction of sp³-hybridized carbons (Fsp3) is 0.846. The van der Waals surface area contributed by atoms with Crippen molar-refractivity contribution in [1.29, 1.82) is 5.26 Å². The lowest BCUT2D eigenvalue weighted by Gasteiger charge is -2.49. The lowest BCUT2D eigenvalue weighted by molar-refractivity contribution is -0.135. The lowest BCUT2D eigenvalue weighted by Crippen LogP contribution is -2.57.